The summed E-state index contributed by atoms with van der Waals surface area (Å²) in [4.78, 5) is 0. The van der Waals surface area contributed by atoms with E-state index in [0.717, 1.165) is 18.4 Å². The van der Waals surface area contributed by atoms with Gasteiger partial charge < -0.3 is 5.11 Å². The van der Waals surface area contributed by atoms with Gasteiger partial charge in [-0.25, -0.2) is 0 Å². The van der Waals surface area contributed by atoms with Crippen molar-refractivity contribution in [1.82, 2.24) is 0 Å². The minimum Gasteiger partial charge on any atom is -0.395 e. The summed E-state index contributed by atoms with van der Waals surface area (Å²) < 4.78 is 0. The number of aliphatic hydroxyl groups excluding tert-OH is 1. The maximum atomic E-state index is 8.58. The molecule has 0 amide bonds. The topological polar surface area (TPSA) is 20.2 Å². The van der Waals surface area contributed by atoms with Crippen molar-refractivity contribution in [3.8, 4) is 11.8 Å². The summed E-state index contributed by atoms with van der Waals surface area (Å²) in [6.45, 7) is 2.31. The molecule has 74 valence electrons. The second kappa shape index (κ2) is 6.23. The first-order valence-corrected chi connectivity index (χ1v) is 5.05. The van der Waals surface area contributed by atoms with E-state index >= 15 is 0 Å². The third-order valence-electron chi connectivity index (χ3n) is 1.94. The summed E-state index contributed by atoms with van der Waals surface area (Å²) in [6, 6.07) is 8.28. The predicted octanol–water partition coefficient (Wildman–Crippen LogP) is 2.37. The second-order valence-electron chi connectivity index (χ2n) is 3.23. The molecule has 0 aliphatic rings. The molecule has 1 rings (SSSR count). The van der Waals surface area contributed by atoms with Crippen LogP contribution in [0.3, 0.4) is 0 Å². The summed E-state index contributed by atoms with van der Waals surface area (Å²) in [5, 5.41) is 8.58. The summed E-state index contributed by atoms with van der Waals surface area (Å²) in [5.41, 5.74) is 2.38. The third-order valence-corrected chi connectivity index (χ3v) is 1.94. The van der Waals surface area contributed by atoms with Gasteiger partial charge in [-0.2, -0.15) is 0 Å². The lowest BCUT2D eigenvalue weighted by Gasteiger charge is -1.98. The van der Waals surface area contributed by atoms with Crippen LogP contribution in [0.1, 0.15) is 30.9 Å². The lowest BCUT2D eigenvalue weighted by Crippen LogP contribution is -1.84. The van der Waals surface area contributed by atoms with Crippen LogP contribution in [0.15, 0.2) is 24.3 Å². The summed E-state index contributed by atoms with van der Waals surface area (Å²) >= 11 is 0. The van der Waals surface area contributed by atoms with Crippen molar-refractivity contribution >= 4 is 0 Å². The number of hydrogen-bond donors (Lipinski definition) is 1. The van der Waals surface area contributed by atoms with Crippen LogP contribution in [0, 0.1) is 11.8 Å². The fourth-order valence-electron chi connectivity index (χ4n) is 1.31. The molecule has 0 bridgehead atoms. The van der Waals surface area contributed by atoms with E-state index in [4.69, 9.17) is 5.11 Å². The Hall–Kier alpha value is -1.26. The van der Waals surface area contributed by atoms with Gasteiger partial charge in [-0.1, -0.05) is 37.3 Å². The van der Waals surface area contributed by atoms with Crippen molar-refractivity contribution < 1.29 is 5.11 Å². The van der Waals surface area contributed by atoms with Gasteiger partial charge in [0.2, 0.25) is 0 Å². The molecule has 0 radical (unpaired) electrons. The molecule has 0 saturated heterocycles. The SMILES string of the molecule is CCCc1cccc(C#CCCO)c1. The number of hydrogen-bond acceptors (Lipinski definition) is 1. The minimum absolute atomic E-state index is 0.141. The molecule has 1 aromatic carbocycles. The largest absolute Gasteiger partial charge is 0.395 e. The molecule has 0 aromatic heterocycles. The Morgan fingerprint density at radius 1 is 1.36 bits per heavy atom. The minimum atomic E-state index is 0.141. The van der Waals surface area contributed by atoms with Crippen LogP contribution < -0.4 is 0 Å². The molecule has 14 heavy (non-hydrogen) atoms. The Kier molecular flexibility index (Phi) is 4.82. The van der Waals surface area contributed by atoms with Crippen LogP contribution in [-0.2, 0) is 6.42 Å². The Morgan fingerprint density at radius 2 is 2.21 bits per heavy atom. The Balaban J connectivity index is 2.69. The van der Waals surface area contributed by atoms with E-state index < -0.39 is 0 Å². The van der Waals surface area contributed by atoms with Gasteiger partial charge in [-0.3, -0.25) is 0 Å². The van der Waals surface area contributed by atoms with Crippen LogP contribution >= 0.6 is 0 Å². The van der Waals surface area contributed by atoms with Crippen LogP contribution in [-0.4, -0.2) is 11.7 Å². The van der Waals surface area contributed by atoms with Gasteiger partial charge in [0.05, 0.1) is 6.61 Å². The molecule has 1 N–H and O–H groups in total. The van der Waals surface area contributed by atoms with E-state index in [1.54, 1.807) is 0 Å². The highest BCUT2D eigenvalue weighted by atomic mass is 16.2. The normalized spacial score (nSPS) is 9.29. The zero-order valence-corrected chi connectivity index (χ0v) is 8.59. The van der Waals surface area contributed by atoms with E-state index in [-0.39, 0.29) is 6.61 Å². The zero-order valence-electron chi connectivity index (χ0n) is 8.59. The quantitative estimate of drug-likeness (QED) is 0.722. The van der Waals surface area contributed by atoms with Crippen LogP contribution in [0.2, 0.25) is 0 Å². The van der Waals surface area contributed by atoms with Crippen molar-refractivity contribution in [3.05, 3.63) is 35.4 Å². The average Bonchev–Trinajstić information content (AvgIpc) is 2.19. The lowest BCUT2D eigenvalue weighted by molar-refractivity contribution is 0.305. The molecule has 0 atom stereocenters. The average molecular weight is 188 g/mol. The Labute approximate surface area is 85.8 Å². The fraction of sp³-hybridized carbons (Fsp3) is 0.385. The van der Waals surface area contributed by atoms with Gasteiger partial charge in [0.25, 0.3) is 0 Å². The number of aryl methyl sites for hydroxylation is 1. The van der Waals surface area contributed by atoms with Crippen molar-refractivity contribution in [2.75, 3.05) is 6.61 Å². The van der Waals surface area contributed by atoms with E-state index in [1.165, 1.54) is 5.56 Å². The first kappa shape index (κ1) is 10.8. The fourth-order valence-corrected chi connectivity index (χ4v) is 1.31. The molecule has 1 nitrogen and oxygen atoms in total. The van der Waals surface area contributed by atoms with Gasteiger partial charge in [0, 0.05) is 12.0 Å². The predicted molar refractivity (Wildman–Crippen MR) is 59.0 cm³/mol. The molecule has 0 spiro atoms. The van der Waals surface area contributed by atoms with E-state index in [9.17, 15) is 0 Å². The summed E-state index contributed by atoms with van der Waals surface area (Å²) in [6.07, 6.45) is 2.82. The highest BCUT2D eigenvalue weighted by Gasteiger charge is 1.91. The first-order valence-electron chi connectivity index (χ1n) is 5.05. The molecular weight excluding hydrogens is 172 g/mol. The standard InChI is InChI=1S/C13H16O/c1-2-6-12-8-5-9-13(11-12)7-3-4-10-14/h5,8-9,11,14H,2,4,6,10H2,1H3. The molecule has 0 aliphatic carbocycles. The van der Waals surface area contributed by atoms with Crippen molar-refractivity contribution in [2.24, 2.45) is 0 Å². The molecule has 0 saturated carbocycles. The van der Waals surface area contributed by atoms with Gasteiger partial charge in [-0.15, -0.1) is 0 Å². The maximum Gasteiger partial charge on any atom is 0.0540 e. The molecule has 1 aromatic rings. The molecule has 0 heterocycles. The van der Waals surface area contributed by atoms with Crippen LogP contribution in [0.25, 0.3) is 0 Å². The highest BCUT2D eigenvalue weighted by molar-refractivity contribution is 5.37. The van der Waals surface area contributed by atoms with Crippen molar-refractivity contribution in [3.63, 3.8) is 0 Å². The molecule has 0 fully saturated rings. The van der Waals surface area contributed by atoms with E-state index in [1.807, 2.05) is 12.1 Å². The molecule has 1 heteroatoms. The van der Waals surface area contributed by atoms with Crippen LogP contribution in [0.5, 0.6) is 0 Å². The van der Waals surface area contributed by atoms with E-state index in [0.29, 0.717) is 6.42 Å². The smallest absolute Gasteiger partial charge is 0.0540 e. The second-order valence-corrected chi connectivity index (χ2v) is 3.23. The maximum absolute atomic E-state index is 8.58. The van der Waals surface area contributed by atoms with E-state index in [2.05, 4.69) is 30.9 Å². The van der Waals surface area contributed by atoms with Crippen LogP contribution in [0.4, 0.5) is 0 Å². The third kappa shape index (κ3) is 3.64. The number of rotatable bonds is 3. The van der Waals surface area contributed by atoms with Gasteiger partial charge in [0.1, 0.15) is 0 Å². The Morgan fingerprint density at radius 3 is 2.93 bits per heavy atom. The van der Waals surface area contributed by atoms with Gasteiger partial charge in [0.15, 0.2) is 0 Å². The van der Waals surface area contributed by atoms with Gasteiger partial charge in [-0.05, 0) is 24.1 Å². The molecule has 0 aliphatic heterocycles. The highest BCUT2D eigenvalue weighted by Crippen LogP contribution is 2.06. The first-order chi connectivity index (χ1) is 6.86. The van der Waals surface area contributed by atoms with Crippen molar-refractivity contribution in [1.29, 1.82) is 0 Å². The van der Waals surface area contributed by atoms with Gasteiger partial charge >= 0.3 is 0 Å². The summed E-state index contributed by atoms with van der Waals surface area (Å²) in [7, 11) is 0. The number of aliphatic hydroxyl groups is 1. The lowest BCUT2D eigenvalue weighted by atomic mass is 10.1. The molecular formula is C13H16O. The monoisotopic (exact) mass is 188 g/mol. The Bertz CT molecular complexity index is 331. The zero-order chi connectivity index (χ0) is 10.2. The van der Waals surface area contributed by atoms with Crippen molar-refractivity contribution in [2.45, 2.75) is 26.2 Å². The summed E-state index contributed by atoms with van der Waals surface area (Å²) in [5.74, 6) is 5.96. The molecule has 0 unspecified atom stereocenters. The number of benzene rings is 1.